The van der Waals surface area contributed by atoms with Gasteiger partial charge in [-0.25, -0.2) is 9.13 Å². The zero-order valence-corrected chi connectivity index (χ0v) is 11.5. The van der Waals surface area contributed by atoms with Crippen molar-refractivity contribution in [3.63, 3.8) is 0 Å². The van der Waals surface area contributed by atoms with E-state index >= 15 is 0 Å². The van der Waals surface area contributed by atoms with Gasteiger partial charge in [-0.1, -0.05) is 0 Å². The smallest absolute Gasteiger partial charge is 1.00 e. The van der Waals surface area contributed by atoms with Crippen LogP contribution in [0.25, 0.3) is 0 Å². The molecule has 0 saturated heterocycles. The molecule has 5 N–H and O–H groups in total. The van der Waals surface area contributed by atoms with Crippen LogP contribution in [-0.2, 0) is 13.2 Å². The summed E-state index contributed by atoms with van der Waals surface area (Å²) in [5.74, 6) is 0. The third-order valence-corrected chi connectivity index (χ3v) is 0.809. The molecule has 0 fully saturated rings. The molecule has 74 valence electrons. The SMILES string of the molecule is O=P(O)(O)O.O=P(O)(O)OCl.[H-].[H-].[Sr+2]. The van der Waals surface area contributed by atoms with Gasteiger partial charge in [0.25, 0.3) is 0 Å². The van der Waals surface area contributed by atoms with E-state index in [1.54, 1.807) is 0 Å². The summed E-state index contributed by atoms with van der Waals surface area (Å²) in [5, 5.41) is 0. The van der Waals surface area contributed by atoms with Crippen LogP contribution in [0, 0.1) is 0 Å². The van der Waals surface area contributed by atoms with Gasteiger partial charge in [0.15, 0.2) is 0 Å². The fourth-order valence-electron chi connectivity index (χ4n) is 0. The van der Waals surface area contributed by atoms with E-state index in [1.807, 2.05) is 0 Å². The predicted octanol–water partition coefficient (Wildman–Crippen LogP) is -0.835. The van der Waals surface area contributed by atoms with E-state index < -0.39 is 15.6 Å². The molecule has 0 aromatic carbocycles. The molecular formula is H7ClO8P2Sr. The standard InChI is InChI=1S/ClH2O4P.H3O4P.Sr.2H/c1-5-6(2,3)4;1-5(2,3)4;;;/h(H2,2,3,4);(H3,1,2,3,4);;;/q;;+2;2*-1. The van der Waals surface area contributed by atoms with Crippen molar-refractivity contribution in [2.45, 2.75) is 0 Å². The molecule has 0 aromatic heterocycles. The van der Waals surface area contributed by atoms with E-state index in [0.717, 1.165) is 0 Å². The summed E-state index contributed by atoms with van der Waals surface area (Å²) in [6.07, 6.45) is 0. The number of phosphoric acid groups is 2. The van der Waals surface area contributed by atoms with E-state index in [2.05, 4.69) is 15.9 Å². The molecule has 0 atom stereocenters. The van der Waals surface area contributed by atoms with Crippen molar-refractivity contribution < 1.29 is 40.5 Å². The number of halogens is 1. The summed E-state index contributed by atoms with van der Waals surface area (Å²) < 4.78 is 21.3. The van der Waals surface area contributed by atoms with E-state index in [4.69, 9.17) is 29.0 Å². The molecular weight excluding hydrogens is 313 g/mol. The van der Waals surface area contributed by atoms with Gasteiger partial charge in [-0.3, -0.25) is 0 Å². The first-order valence-electron chi connectivity index (χ1n) is 1.70. The van der Waals surface area contributed by atoms with Gasteiger partial charge in [0.2, 0.25) is 0 Å². The minimum atomic E-state index is -4.64. The predicted molar refractivity (Wildman–Crippen MR) is 41.2 cm³/mol. The van der Waals surface area contributed by atoms with Crippen LogP contribution in [0.1, 0.15) is 2.85 Å². The van der Waals surface area contributed by atoms with Gasteiger partial charge in [0.1, 0.15) is 0 Å². The molecule has 0 aliphatic carbocycles. The van der Waals surface area contributed by atoms with Gasteiger partial charge in [0.05, 0.1) is 11.9 Å². The molecule has 0 rings (SSSR count). The second kappa shape index (κ2) is 8.31. The third-order valence-electron chi connectivity index (χ3n) is 0.0899. The first-order chi connectivity index (χ1) is 4.56. The Morgan fingerprint density at radius 1 is 1.08 bits per heavy atom. The van der Waals surface area contributed by atoms with Crippen LogP contribution >= 0.6 is 27.5 Å². The van der Waals surface area contributed by atoms with Crippen LogP contribution < -0.4 is 0 Å². The molecule has 0 amide bonds. The van der Waals surface area contributed by atoms with Gasteiger partial charge in [-0.15, -0.1) is 0 Å². The molecule has 12 heteroatoms. The molecule has 12 heavy (non-hydrogen) atoms. The Hall–Kier alpha value is 1.99. The van der Waals surface area contributed by atoms with Gasteiger partial charge in [0, 0.05) is 0 Å². The Balaban J connectivity index is -0.0000000321. The van der Waals surface area contributed by atoms with Crippen molar-refractivity contribution in [2.24, 2.45) is 0 Å². The normalized spacial score (nSPS) is 10.8. The van der Waals surface area contributed by atoms with Gasteiger partial charge in [-0.2, -0.15) is 4.08 Å². The molecule has 0 heterocycles. The average molecular weight is 320 g/mol. The summed E-state index contributed by atoms with van der Waals surface area (Å²) in [6, 6.07) is 0. The van der Waals surface area contributed by atoms with Crippen molar-refractivity contribution in [3.05, 3.63) is 0 Å². The van der Waals surface area contributed by atoms with Crippen molar-refractivity contribution in [1.29, 1.82) is 0 Å². The van der Waals surface area contributed by atoms with Crippen molar-refractivity contribution in [3.8, 4) is 0 Å². The van der Waals surface area contributed by atoms with Crippen LogP contribution in [0.5, 0.6) is 0 Å². The van der Waals surface area contributed by atoms with Crippen LogP contribution in [-0.4, -0.2) is 69.9 Å². The number of hydrogen-bond donors (Lipinski definition) is 5. The molecule has 0 unspecified atom stereocenters. The molecule has 0 bridgehead atoms. The van der Waals surface area contributed by atoms with E-state index in [1.165, 1.54) is 0 Å². The van der Waals surface area contributed by atoms with Crippen molar-refractivity contribution in [1.82, 2.24) is 0 Å². The minimum Gasteiger partial charge on any atom is -1.00 e. The molecule has 0 spiro atoms. The summed E-state index contributed by atoms with van der Waals surface area (Å²) in [7, 11) is -9.02. The Kier molecular flexibility index (Phi) is 13.5. The Labute approximate surface area is 112 Å². The van der Waals surface area contributed by atoms with Crippen LogP contribution in [0.4, 0.5) is 0 Å². The van der Waals surface area contributed by atoms with E-state index in [9.17, 15) is 4.57 Å². The minimum absolute atomic E-state index is 0. The molecule has 0 radical (unpaired) electrons. The van der Waals surface area contributed by atoms with E-state index in [0.29, 0.717) is 0 Å². The molecule has 0 aromatic rings. The molecule has 0 saturated carbocycles. The Morgan fingerprint density at radius 2 is 1.17 bits per heavy atom. The first kappa shape index (κ1) is 19.5. The van der Waals surface area contributed by atoms with Crippen molar-refractivity contribution in [2.75, 3.05) is 0 Å². The fourth-order valence-corrected chi connectivity index (χ4v) is 0. The second-order valence-corrected chi connectivity index (χ2v) is 3.63. The fraction of sp³-hybridized carbons (Fsp3) is 0. The number of hydrogen-bond acceptors (Lipinski definition) is 3. The largest absolute Gasteiger partial charge is 2.00 e. The average Bonchev–Trinajstić information content (AvgIpc) is 1.59. The molecule has 8 nitrogen and oxygen atoms in total. The summed E-state index contributed by atoms with van der Waals surface area (Å²) in [6.45, 7) is 0. The first-order valence-corrected chi connectivity index (χ1v) is 5.11. The van der Waals surface area contributed by atoms with Gasteiger partial charge >= 0.3 is 61.1 Å². The maximum absolute atomic E-state index is 9.34. The number of rotatable bonds is 1. The van der Waals surface area contributed by atoms with Crippen LogP contribution in [0.2, 0.25) is 0 Å². The second-order valence-electron chi connectivity index (χ2n) is 1.07. The zero-order chi connectivity index (χ0) is 9.71. The third kappa shape index (κ3) is 58.2. The topological polar surface area (TPSA) is 145 Å². The van der Waals surface area contributed by atoms with Crippen LogP contribution in [0.15, 0.2) is 0 Å². The summed E-state index contributed by atoms with van der Waals surface area (Å²) >= 11 is 4.21. The Bertz CT molecular complexity index is 178. The van der Waals surface area contributed by atoms with Gasteiger partial charge < -0.3 is 27.3 Å². The molecule has 0 aliphatic rings. The maximum Gasteiger partial charge on any atom is 2.00 e. The monoisotopic (exact) mass is 320 g/mol. The summed E-state index contributed by atoms with van der Waals surface area (Å²) in [5.41, 5.74) is 0. The Morgan fingerprint density at radius 3 is 1.17 bits per heavy atom. The van der Waals surface area contributed by atoms with Crippen molar-refractivity contribution >= 4 is 73.0 Å². The molecule has 0 aliphatic heterocycles. The summed E-state index contributed by atoms with van der Waals surface area (Å²) in [4.78, 5) is 36.7. The quantitative estimate of drug-likeness (QED) is 0.311. The van der Waals surface area contributed by atoms with Crippen LogP contribution in [0.3, 0.4) is 0 Å². The van der Waals surface area contributed by atoms with E-state index in [-0.39, 0.29) is 48.3 Å². The zero-order valence-electron chi connectivity index (χ0n) is 7.44. The maximum atomic E-state index is 9.34. The van der Waals surface area contributed by atoms with Gasteiger partial charge in [-0.05, 0) is 0 Å².